The Morgan fingerprint density at radius 2 is 2.14 bits per heavy atom. The van der Waals surface area contributed by atoms with Gasteiger partial charge in [0.05, 0.1) is 6.26 Å². The molecule has 7 heavy (non-hydrogen) atoms. The maximum atomic E-state index is 8.00. The molecule has 0 radical (unpaired) electrons. The van der Waals surface area contributed by atoms with Crippen LogP contribution in [0, 0.1) is 0 Å². The summed E-state index contributed by atoms with van der Waals surface area (Å²) in [5, 5.41) is 8.96. The molecule has 0 aromatic carbocycles. The zero-order valence-corrected chi connectivity index (χ0v) is 3.91. The minimum absolute atomic E-state index is 0.358. The molecule has 0 unspecified atom stereocenters. The van der Waals surface area contributed by atoms with Crippen LogP contribution < -0.4 is 11.7 Å². The van der Waals surface area contributed by atoms with Crippen LogP contribution in [0.2, 0.25) is 0 Å². The largest absolute Gasteiger partial charge is 0.516 e. The van der Waals surface area contributed by atoms with Gasteiger partial charge in [-0.1, -0.05) is 0 Å². The number of aliphatic hydroxyl groups excluding tert-OH is 1. The molecule has 0 aliphatic heterocycles. The quantitative estimate of drug-likeness (QED) is 0.241. The van der Waals surface area contributed by atoms with Crippen molar-refractivity contribution in [1.82, 2.24) is 5.12 Å². The smallest absolute Gasteiger partial charge is 0.0765 e. The van der Waals surface area contributed by atoms with Crippen molar-refractivity contribution in [1.29, 1.82) is 0 Å². The Morgan fingerprint density at radius 3 is 2.29 bits per heavy atom. The van der Waals surface area contributed by atoms with Crippen molar-refractivity contribution < 1.29 is 5.11 Å². The Balaban J connectivity index is 2.97. The van der Waals surface area contributed by atoms with E-state index in [9.17, 15) is 0 Å². The molecule has 4 heteroatoms. The molecule has 5 N–H and O–H groups in total. The summed E-state index contributed by atoms with van der Waals surface area (Å²) in [6, 6.07) is 0. The fourth-order valence-electron chi connectivity index (χ4n) is 0.169. The highest BCUT2D eigenvalue weighted by Crippen LogP contribution is 1.65. The van der Waals surface area contributed by atoms with E-state index in [-0.39, 0.29) is 0 Å². The van der Waals surface area contributed by atoms with Crippen LogP contribution in [-0.2, 0) is 0 Å². The molecular formula is C3H9N3O. The molecule has 0 atom stereocenters. The number of hydrazine groups is 2. The van der Waals surface area contributed by atoms with E-state index in [0.717, 1.165) is 11.4 Å². The lowest BCUT2D eigenvalue weighted by molar-refractivity contribution is 0.324. The molecular weight excluding hydrogens is 94.1 g/mol. The molecule has 0 aromatic rings. The van der Waals surface area contributed by atoms with Crippen molar-refractivity contribution in [3.63, 3.8) is 0 Å². The first kappa shape index (κ1) is 6.42. The van der Waals surface area contributed by atoms with Crippen LogP contribution >= 0.6 is 0 Å². The standard InChI is InChI=1S/C3H9N3O/c4-6(5)2-1-3-7/h1,3,7H,2,4-5H2. The third-order valence-corrected chi connectivity index (χ3v) is 0.422. The molecule has 0 saturated heterocycles. The summed E-state index contributed by atoms with van der Waals surface area (Å²) in [7, 11) is 0. The molecule has 0 aliphatic rings. The molecule has 0 aromatic heterocycles. The van der Waals surface area contributed by atoms with Crippen LogP contribution in [0.15, 0.2) is 12.3 Å². The van der Waals surface area contributed by atoms with E-state index in [1.54, 1.807) is 0 Å². The van der Waals surface area contributed by atoms with Crippen LogP contribution in [0.5, 0.6) is 0 Å². The Bertz CT molecular complexity index is 61.2. The van der Waals surface area contributed by atoms with Gasteiger partial charge in [0.2, 0.25) is 0 Å². The average molecular weight is 103 g/mol. The van der Waals surface area contributed by atoms with Crippen LogP contribution in [0.25, 0.3) is 0 Å². The summed E-state index contributed by atoms with van der Waals surface area (Å²) in [6.45, 7) is 0.358. The minimum Gasteiger partial charge on any atom is -0.516 e. The van der Waals surface area contributed by atoms with Gasteiger partial charge in [-0.2, -0.15) is 5.12 Å². The average Bonchev–Trinajstić information content (AvgIpc) is 1.61. The number of aliphatic hydroxyl groups is 1. The zero-order valence-electron chi connectivity index (χ0n) is 3.91. The van der Waals surface area contributed by atoms with E-state index in [2.05, 4.69) is 0 Å². The molecule has 4 nitrogen and oxygen atoms in total. The summed E-state index contributed by atoms with van der Waals surface area (Å²) < 4.78 is 0. The Labute approximate surface area is 42.0 Å². The SMILES string of the molecule is NN(N)CC=CO. The topological polar surface area (TPSA) is 75.5 Å². The van der Waals surface area contributed by atoms with Crippen LogP contribution in [0.1, 0.15) is 0 Å². The summed E-state index contributed by atoms with van der Waals surface area (Å²) in [5.74, 6) is 9.85. The second kappa shape index (κ2) is 3.60. The highest BCUT2D eigenvalue weighted by atomic mass is 16.2. The Morgan fingerprint density at radius 1 is 1.57 bits per heavy atom. The van der Waals surface area contributed by atoms with Crippen LogP contribution in [0.3, 0.4) is 0 Å². The van der Waals surface area contributed by atoms with Gasteiger partial charge in [0.15, 0.2) is 0 Å². The third kappa shape index (κ3) is 5.42. The second-order valence-corrected chi connectivity index (χ2v) is 1.08. The molecule has 0 rings (SSSR count). The zero-order chi connectivity index (χ0) is 5.70. The Kier molecular flexibility index (Phi) is 3.31. The van der Waals surface area contributed by atoms with E-state index in [1.807, 2.05) is 0 Å². The fourth-order valence-corrected chi connectivity index (χ4v) is 0.169. The third-order valence-electron chi connectivity index (χ3n) is 0.422. The lowest BCUT2D eigenvalue weighted by Crippen LogP contribution is -2.37. The normalized spacial score (nSPS) is 11.3. The van der Waals surface area contributed by atoms with E-state index < -0.39 is 0 Å². The molecule has 0 bridgehead atoms. The van der Waals surface area contributed by atoms with Gasteiger partial charge in [-0.15, -0.1) is 0 Å². The maximum absolute atomic E-state index is 8.00. The number of nitrogens with two attached hydrogens (primary N) is 2. The molecule has 0 aliphatic carbocycles. The predicted molar refractivity (Wildman–Crippen MR) is 26.8 cm³/mol. The Hall–Kier alpha value is -0.580. The molecule has 0 heterocycles. The van der Waals surface area contributed by atoms with Gasteiger partial charge in [0, 0.05) is 6.54 Å². The first-order chi connectivity index (χ1) is 3.27. The molecule has 42 valence electrons. The number of nitrogens with zero attached hydrogens (tertiary/aromatic N) is 1. The van der Waals surface area contributed by atoms with E-state index >= 15 is 0 Å². The molecule has 0 saturated carbocycles. The second-order valence-electron chi connectivity index (χ2n) is 1.08. The predicted octanol–water partition coefficient (Wildman–Crippen LogP) is -0.893. The van der Waals surface area contributed by atoms with Crippen molar-refractivity contribution in [2.24, 2.45) is 11.7 Å². The van der Waals surface area contributed by atoms with Crippen LogP contribution in [-0.4, -0.2) is 16.8 Å². The van der Waals surface area contributed by atoms with Gasteiger partial charge in [0.1, 0.15) is 0 Å². The minimum atomic E-state index is 0.358. The summed E-state index contributed by atoms with van der Waals surface area (Å²) in [5.41, 5.74) is 0. The van der Waals surface area contributed by atoms with Gasteiger partial charge in [-0.25, -0.2) is 0 Å². The molecule has 0 spiro atoms. The van der Waals surface area contributed by atoms with Crippen molar-refractivity contribution in [2.75, 3.05) is 6.54 Å². The molecule has 0 fully saturated rings. The van der Waals surface area contributed by atoms with Crippen molar-refractivity contribution >= 4 is 0 Å². The van der Waals surface area contributed by atoms with E-state index in [1.165, 1.54) is 6.08 Å². The van der Waals surface area contributed by atoms with E-state index in [0.29, 0.717) is 6.54 Å². The first-order valence-corrected chi connectivity index (χ1v) is 1.83. The van der Waals surface area contributed by atoms with Gasteiger partial charge < -0.3 is 5.11 Å². The fraction of sp³-hybridized carbons (Fsp3) is 0.333. The highest BCUT2D eigenvalue weighted by molar-refractivity contribution is 4.72. The number of hydrogen-bond donors (Lipinski definition) is 3. The summed E-state index contributed by atoms with van der Waals surface area (Å²) in [4.78, 5) is 0. The lowest BCUT2D eigenvalue weighted by atomic mass is 10.6. The number of hydrogen-bond acceptors (Lipinski definition) is 4. The number of rotatable bonds is 2. The van der Waals surface area contributed by atoms with Gasteiger partial charge in [-0.3, -0.25) is 11.7 Å². The highest BCUT2D eigenvalue weighted by Gasteiger charge is 1.78. The van der Waals surface area contributed by atoms with E-state index in [4.69, 9.17) is 16.8 Å². The van der Waals surface area contributed by atoms with Crippen molar-refractivity contribution in [2.45, 2.75) is 0 Å². The van der Waals surface area contributed by atoms with Crippen molar-refractivity contribution in [3.8, 4) is 0 Å². The van der Waals surface area contributed by atoms with Gasteiger partial charge in [-0.05, 0) is 6.08 Å². The first-order valence-electron chi connectivity index (χ1n) is 1.83. The summed E-state index contributed by atoms with van der Waals surface area (Å²) >= 11 is 0. The maximum Gasteiger partial charge on any atom is 0.0765 e. The van der Waals surface area contributed by atoms with Crippen LogP contribution in [0.4, 0.5) is 0 Å². The summed E-state index contributed by atoms with van der Waals surface area (Å²) in [6.07, 6.45) is 2.33. The lowest BCUT2D eigenvalue weighted by Gasteiger charge is -2.01. The van der Waals surface area contributed by atoms with Crippen molar-refractivity contribution in [3.05, 3.63) is 12.3 Å². The monoisotopic (exact) mass is 103 g/mol. The van der Waals surface area contributed by atoms with Gasteiger partial charge >= 0.3 is 0 Å². The molecule has 0 amide bonds. The van der Waals surface area contributed by atoms with Gasteiger partial charge in [0.25, 0.3) is 0 Å².